The highest BCUT2D eigenvalue weighted by Gasteiger charge is 2.04. The first-order chi connectivity index (χ1) is 6.86. The van der Waals surface area contributed by atoms with Gasteiger partial charge in [-0.15, -0.1) is 0 Å². The maximum Gasteiger partial charge on any atom is 0.153 e. The fourth-order valence-electron chi connectivity index (χ4n) is 1.78. The first kappa shape index (κ1) is 7.38. The molecule has 0 fully saturated rings. The Morgan fingerprint density at radius 2 is 1.86 bits per heavy atom. The summed E-state index contributed by atoms with van der Waals surface area (Å²) in [6.45, 7) is 0. The molecule has 0 aliphatic rings. The van der Waals surface area contributed by atoms with Crippen molar-refractivity contribution in [2.24, 2.45) is 0 Å². The second kappa shape index (κ2) is 2.48. The van der Waals surface area contributed by atoms with Gasteiger partial charge in [-0.3, -0.25) is 5.10 Å². The molecule has 3 nitrogen and oxygen atoms in total. The lowest BCUT2D eigenvalue weighted by molar-refractivity contribution is 1.13. The molecule has 3 rings (SSSR count). The summed E-state index contributed by atoms with van der Waals surface area (Å²) in [4.78, 5) is 0. The number of nitrogens with zero attached hydrogens (tertiary/aromatic N) is 1. The Balaban J connectivity index is 2.61. The van der Waals surface area contributed by atoms with Crippen LogP contribution in [-0.2, 0) is 0 Å². The van der Waals surface area contributed by atoms with Gasteiger partial charge in [-0.2, -0.15) is 5.10 Å². The van der Waals surface area contributed by atoms with Gasteiger partial charge in [0.25, 0.3) is 0 Å². The Kier molecular flexibility index (Phi) is 1.31. The number of aromatic nitrogens is 2. The quantitative estimate of drug-likeness (QED) is 0.561. The van der Waals surface area contributed by atoms with Gasteiger partial charge in [-0.25, -0.2) is 0 Å². The van der Waals surface area contributed by atoms with Crippen LogP contribution in [0.4, 0.5) is 5.82 Å². The van der Waals surface area contributed by atoms with Crippen LogP contribution >= 0.6 is 0 Å². The fraction of sp³-hybridized carbons (Fsp3) is 0. The molecular formula is C11H9N3. The van der Waals surface area contributed by atoms with Crippen molar-refractivity contribution < 1.29 is 0 Å². The van der Waals surface area contributed by atoms with Crippen LogP contribution in [0.15, 0.2) is 36.4 Å². The van der Waals surface area contributed by atoms with Crippen molar-refractivity contribution in [2.75, 3.05) is 5.73 Å². The van der Waals surface area contributed by atoms with Crippen molar-refractivity contribution >= 4 is 27.5 Å². The van der Waals surface area contributed by atoms with E-state index in [2.05, 4.69) is 28.4 Å². The molecule has 14 heavy (non-hydrogen) atoms. The number of benzene rings is 2. The van der Waals surface area contributed by atoms with Gasteiger partial charge >= 0.3 is 0 Å². The molecule has 0 saturated carbocycles. The van der Waals surface area contributed by atoms with Crippen LogP contribution in [0.2, 0.25) is 0 Å². The predicted octanol–water partition coefficient (Wildman–Crippen LogP) is 2.30. The molecule has 3 N–H and O–H groups in total. The molecular weight excluding hydrogens is 174 g/mol. The molecule has 0 aliphatic carbocycles. The summed E-state index contributed by atoms with van der Waals surface area (Å²) in [5, 5.41) is 10.3. The number of H-pyrrole nitrogens is 1. The number of anilines is 1. The second-order valence-electron chi connectivity index (χ2n) is 3.32. The van der Waals surface area contributed by atoms with Crippen LogP contribution in [-0.4, -0.2) is 10.2 Å². The third-order valence-corrected chi connectivity index (χ3v) is 2.49. The average molecular weight is 183 g/mol. The number of fused-ring (bicyclic) bond motifs is 3. The number of nitrogens with two attached hydrogens (primary N) is 1. The molecule has 68 valence electrons. The van der Waals surface area contributed by atoms with Crippen molar-refractivity contribution in [2.45, 2.75) is 0 Å². The minimum absolute atomic E-state index is 0.561. The van der Waals surface area contributed by atoms with Gasteiger partial charge in [-0.05, 0) is 11.5 Å². The molecule has 0 atom stereocenters. The topological polar surface area (TPSA) is 54.7 Å². The highest BCUT2D eigenvalue weighted by Crippen LogP contribution is 2.26. The summed E-state index contributed by atoms with van der Waals surface area (Å²) in [6, 6.07) is 12.2. The number of nitrogens with one attached hydrogen (secondary N) is 1. The number of aromatic amines is 1. The summed E-state index contributed by atoms with van der Waals surface area (Å²) in [7, 11) is 0. The van der Waals surface area contributed by atoms with E-state index in [9.17, 15) is 0 Å². The van der Waals surface area contributed by atoms with Crippen LogP contribution in [0.1, 0.15) is 0 Å². The smallest absolute Gasteiger partial charge is 0.153 e. The van der Waals surface area contributed by atoms with Crippen LogP contribution < -0.4 is 5.73 Å². The Morgan fingerprint density at radius 3 is 2.79 bits per heavy atom. The third kappa shape index (κ3) is 0.836. The Labute approximate surface area is 80.5 Å². The van der Waals surface area contributed by atoms with Crippen LogP contribution in [0.3, 0.4) is 0 Å². The zero-order valence-electron chi connectivity index (χ0n) is 7.49. The monoisotopic (exact) mass is 183 g/mol. The Morgan fingerprint density at radius 1 is 1.00 bits per heavy atom. The third-order valence-electron chi connectivity index (χ3n) is 2.49. The van der Waals surface area contributed by atoms with E-state index >= 15 is 0 Å². The zero-order valence-corrected chi connectivity index (χ0v) is 7.49. The van der Waals surface area contributed by atoms with Gasteiger partial charge < -0.3 is 5.73 Å². The first-order valence-electron chi connectivity index (χ1n) is 4.47. The van der Waals surface area contributed by atoms with Crippen molar-refractivity contribution in [1.82, 2.24) is 10.2 Å². The van der Waals surface area contributed by atoms with Gasteiger partial charge in [-0.1, -0.05) is 30.3 Å². The first-order valence-corrected chi connectivity index (χ1v) is 4.47. The molecule has 1 heterocycles. The van der Waals surface area contributed by atoms with E-state index < -0.39 is 0 Å². The molecule has 0 unspecified atom stereocenters. The summed E-state index contributed by atoms with van der Waals surface area (Å²) in [5.74, 6) is 0.561. The molecule has 0 aliphatic heterocycles. The van der Waals surface area contributed by atoms with E-state index in [-0.39, 0.29) is 0 Å². The lowest BCUT2D eigenvalue weighted by Crippen LogP contribution is -1.83. The summed E-state index contributed by atoms with van der Waals surface area (Å²) in [5.41, 5.74) is 6.74. The number of hydrogen-bond donors (Lipinski definition) is 2. The molecule has 1 aromatic heterocycles. The van der Waals surface area contributed by atoms with E-state index in [1.54, 1.807) is 0 Å². The number of nitrogen functional groups attached to an aromatic ring is 1. The van der Waals surface area contributed by atoms with Gasteiger partial charge in [0.2, 0.25) is 0 Å². The molecule has 0 spiro atoms. The standard InChI is InChI=1S/C11H9N3/c12-11-9-6-5-7-3-1-2-4-8(7)10(9)13-14-11/h1-6H,(H3,12,13,14). The molecule has 0 radical (unpaired) electrons. The molecule has 3 heteroatoms. The highest BCUT2D eigenvalue weighted by atomic mass is 15.1. The summed E-state index contributed by atoms with van der Waals surface area (Å²) in [6.07, 6.45) is 0. The summed E-state index contributed by atoms with van der Waals surface area (Å²) >= 11 is 0. The van der Waals surface area contributed by atoms with Gasteiger partial charge in [0, 0.05) is 10.8 Å². The minimum atomic E-state index is 0.561. The predicted molar refractivity (Wildman–Crippen MR) is 58.0 cm³/mol. The SMILES string of the molecule is Nc1n[nH]c2c1ccc1ccccc12. The zero-order chi connectivity index (χ0) is 9.54. The molecule has 3 aromatic rings. The van der Waals surface area contributed by atoms with E-state index in [0.29, 0.717) is 5.82 Å². The maximum absolute atomic E-state index is 5.72. The molecule has 0 bridgehead atoms. The van der Waals surface area contributed by atoms with Crippen LogP contribution in [0.5, 0.6) is 0 Å². The molecule has 0 saturated heterocycles. The van der Waals surface area contributed by atoms with E-state index in [1.807, 2.05) is 18.2 Å². The van der Waals surface area contributed by atoms with Crippen LogP contribution in [0.25, 0.3) is 21.7 Å². The second-order valence-corrected chi connectivity index (χ2v) is 3.32. The van der Waals surface area contributed by atoms with Gasteiger partial charge in [0.15, 0.2) is 5.82 Å². The van der Waals surface area contributed by atoms with Gasteiger partial charge in [0.05, 0.1) is 5.52 Å². The number of rotatable bonds is 0. The highest BCUT2D eigenvalue weighted by molar-refractivity contribution is 6.08. The average Bonchev–Trinajstić information content (AvgIpc) is 2.61. The number of hydrogen-bond acceptors (Lipinski definition) is 2. The van der Waals surface area contributed by atoms with Crippen molar-refractivity contribution in [3.8, 4) is 0 Å². The van der Waals surface area contributed by atoms with E-state index in [0.717, 1.165) is 16.3 Å². The fourth-order valence-corrected chi connectivity index (χ4v) is 1.78. The molecule has 0 amide bonds. The van der Waals surface area contributed by atoms with E-state index in [4.69, 9.17) is 5.73 Å². The normalized spacial score (nSPS) is 11.1. The maximum atomic E-state index is 5.72. The Bertz CT molecular complexity index is 610. The van der Waals surface area contributed by atoms with Gasteiger partial charge in [0.1, 0.15) is 0 Å². The van der Waals surface area contributed by atoms with Crippen molar-refractivity contribution in [3.05, 3.63) is 36.4 Å². The molecule has 2 aromatic carbocycles. The van der Waals surface area contributed by atoms with E-state index in [1.165, 1.54) is 5.39 Å². The largest absolute Gasteiger partial charge is 0.382 e. The van der Waals surface area contributed by atoms with Crippen molar-refractivity contribution in [1.29, 1.82) is 0 Å². The minimum Gasteiger partial charge on any atom is -0.382 e. The lowest BCUT2D eigenvalue weighted by Gasteiger charge is -1.97. The van der Waals surface area contributed by atoms with Crippen LogP contribution in [0, 0.1) is 0 Å². The lowest BCUT2D eigenvalue weighted by atomic mass is 10.1. The van der Waals surface area contributed by atoms with Crippen molar-refractivity contribution in [3.63, 3.8) is 0 Å². The Hall–Kier alpha value is -2.03. The summed E-state index contributed by atoms with van der Waals surface area (Å²) < 4.78 is 0.